The number of rotatable bonds is 2. The van der Waals surface area contributed by atoms with E-state index in [2.05, 4.69) is 30.1 Å². The molecule has 1 aliphatic heterocycles. The molecule has 94 valence electrons. The van der Waals surface area contributed by atoms with Crippen LogP contribution in [-0.2, 0) is 6.42 Å². The molecule has 1 aromatic heterocycles. The number of H-pyrrole nitrogens is 1. The van der Waals surface area contributed by atoms with Gasteiger partial charge in [0.25, 0.3) is 0 Å². The lowest BCUT2D eigenvalue weighted by molar-refractivity contribution is 0.357. The average molecular weight is 261 g/mol. The lowest BCUT2D eigenvalue weighted by Crippen LogP contribution is -2.03. The lowest BCUT2D eigenvalue weighted by Gasteiger charge is -2.10. The molecule has 0 saturated heterocycles. The molecule has 0 spiro atoms. The van der Waals surface area contributed by atoms with Gasteiger partial charge in [-0.25, -0.2) is 0 Å². The number of hydrogen-bond acceptors (Lipinski definition) is 3. The molecule has 5 heteroatoms. The maximum Gasteiger partial charge on any atom is 0.195 e. The number of aromatic nitrogens is 3. The normalized spacial score (nSPS) is 13.7. The lowest BCUT2D eigenvalue weighted by atomic mass is 10.1. The van der Waals surface area contributed by atoms with Gasteiger partial charge < -0.3 is 4.74 Å². The van der Waals surface area contributed by atoms with Crippen molar-refractivity contribution in [2.24, 2.45) is 0 Å². The van der Waals surface area contributed by atoms with Gasteiger partial charge in [-0.15, -0.1) is 0 Å². The molecule has 4 nitrogen and oxygen atoms in total. The number of aromatic amines is 1. The van der Waals surface area contributed by atoms with Gasteiger partial charge in [-0.3, -0.25) is 9.67 Å². The Balaban J connectivity index is 2.13. The Morgan fingerprint density at radius 3 is 3.06 bits per heavy atom. The molecule has 0 radical (unpaired) electrons. The topological polar surface area (TPSA) is 42.8 Å². The van der Waals surface area contributed by atoms with Gasteiger partial charge in [-0.2, -0.15) is 5.10 Å². The monoisotopic (exact) mass is 261 g/mol. The van der Waals surface area contributed by atoms with Crippen LogP contribution >= 0.6 is 12.2 Å². The molecule has 0 saturated carbocycles. The van der Waals surface area contributed by atoms with Crippen molar-refractivity contribution in [1.29, 1.82) is 0 Å². The fraction of sp³-hybridized carbons (Fsp3) is 0.385. The van der Waals surface area contributed by atoms with E-state index in [1.165, 1.54) is 5.56 Å². The fourth-order valence-corrected chi connectivity index (χ4v) is 2.66. The van der Waals surface area contributed by atoms with E-state index in [1.807, 2.05) is 16.7 Å². The minimum atomic E-state index is 0.288. The maximum absolute atomic E-state index is 5.52. The zero-order valence-corrected chi connectivity index (χ0v) is 11.3. The molecule has 2 aromatic rings. The highest BCUT2D eigenvalue weighted by Gasteiger charge is 2.16. The highest BCUT2D eigenvalue weighted by molar-refractivity contribution is 7.71. The highest BCUT2D eigenvalue weighted by Crippen LogP contribution is 2.30. The Bertz CT molecular complexity index is 642. The van der Waals surface area contributed by atoms with Crippen LogP contribution in [0, 0.1) is 4.77 Å². The largest absolute Gasteiger partial charge is 0.493 e. The van der Waals surface area contributed by atoms with Crippen LogP contribution in [0.4, 0.5) is 0 Å². The summed E-state index contributed by atoms with van der Waals surface area (Å²) in [6, 6.07) is 6.48. The third-order valence-corrected chi connectivity index (χ3v) is 3.46. The zero-order chi connectivity index (χ0) is 12.7. The van der Waals surface area contributed by atoms with Crippen LogP contribution in [0.3, 0.4) is 0 Å². The summed E-state index contributed by atoms with van der Waals surface area (Å²) in [6.45, 7) is 4.98. The fourth-order valence-electron chi connectivity index (χ4n) is 2.31. The molecule has 1 aromatic carbocycles. The van der Waals surface area contributed by atoms with Gasteiger partial charge in [0, 0.05) is 18.0 Å². The van der Waals surface area contributed by atoms with E-state index < -0.39 is 0 Å². The molecule has 1 N–H and O–H groups in total. The number of nitrogens with zero attached hydrogens (tertiary/aromatic N) is 2. The molecular formula is C13H15N3OS. The summed E-state index contributed by atoms with van der Waals surface area (Å²) >= 11 is 5.27. The minimum Gasteiger partial charge on any atom is -0.493 e. The Hall–Kier alpha value is -1.62. The number of hydrogen-bond donors (Lipinski definition) is 1. The molecule has 2 heterocycles. The van der Waals surface area contributed by atoms with Crippen LogP contribution < -0.4 is 4.74 Å². The first-order valence-corrected chi connectivity index (χ1v) is 6.50. The molecule has 0 aliphatic carbocycles. The second kappa shape index (κ2) is 4.24. The first-order chi connectivity index (χ1) is 8.66. The molecule has 18 heavy (non-hydrogen) atoms. The molecule has 0 atom stereocenters. The Morgan fingerprint density at radius 1 is 1.44 bits per heavy atom. The van der Waals surface area contributed by atoms with Crippen LogP contribution in [0.1, 0.15) is 25.5 Å². The van der Waals surface area contributed by atoms with E-state index >= 15 is 0 Å². The maximum atomic E-state index is 5.52. The summed E-state index contributed by atoms with van der Waals surface area (Å²) in [5.74, 6) is 1.88. The van der Waals surface area contributed by atoms with Crippen molar-refractivity contribution < 1.29 is 4.74 Å². The quantitative estimate of drug-likeness (QED) is 0.845. The molecule has 0 amide bonds. The van der Waals surface area contributed by atoms with E-state index in [1.54, 1.807) is 0 Å². The van der Waals surface area contributed by atoms with Gasteiger partial charge in [0.1, 0.15) is 5.75 Å². The molecule has 1 aliphatic rings. The van der Waals surface area contributed by atoms with Crippen molar-refractivity contribution >= 4 is 12.2 Å². The van der Waals surface area contributed by atoms with Gasteiger partial charge in [0.2, 0.25) is 0 Å². The van der Waals surface area contributed by atoms with Crippen LogP contribution in [-0.4, -0.2) is 21.4 Å². The van der Waals surface area contributed by atoms with E-state index in [4.69, 9.17) is 17.0 Å². The van der Waals surface area contributed by atoms with Crippen molar-refractivity contribution in [1.82, 2.24) is 14.8 Å². The number of nitrogens with one attached hydrogen (secondary N) is 1. The Labute approximate surface area is 111 Å². The Kier molecular flexibility index (Phi) is 2.70. The molecule has 0 bridgehead atoms. The summed E-state index contributed by atoms with van der Waals surface area (Å²) in [6.07, 6.45) is 0.968. The second-order valence-corrected chi connectivity index (χ2v) is 5.12. The smallest absolute Gasteiger partial charge is 0.195 e. The number of fused-ring (bicyclic) bond motifs is 1. The summed E-state index contributed by atoms with van der Waals surface area (Å²) < 4.78 is 8.21. The van der Waals surface area contributed by atoms with Crippen molar-refractivity contribution in [2.45, 2.75) is 26.3 Å². The molecule has 0 unspecified atom stereocenters. The van der Waals surface area contributed by atoms with Crippen molar-refractivity contribution in [3.05, 3.63) is 28.5 Å². The van der Waals surface area contributed by atoms with Gasteiger partial charge >= 0.3 is 0 Å². The Morgan fingerprint density at radius 2 is 2.28 bits per heavy atom. The van der Waals surface area contributed by atoms with Crippen molar-refractivity contribution in [3.63, 3.8) is 0 Å². The van der Waals surface area contributed by atoms with E-state index in [0.29, 0.717) is 4.77 Å². The highest BCUT2D eigenvalue weighted by atomic mass is 32.1. The van der Waals surface area contributed by atoms with E-state index in [9.17, 15) is 0 Å². The van der Waals surface area contributed by atoms with Gasteiger partial charge in [0.05, 0.1) is 6.61 Å². The first-order valence-electron chi connectivity index (χ1n) is 6.10. The predicted octanol–water partition coefficient (Wildman–Crippen LogP) is 3.12. The van der Waals surface area contributed by atoms with Crippen LogP contribution in [0.5, 0.6) is 5.75 Å². The average Bonchev–Trinajstić information content (AvgIpc) is 2.93. The van der Waals surface area contributed by atoms with E-state index in [0.717, 1.165) is 30.2 Å². The third kappa shape index (κ3) is 1.75. The first kappa shape index (κ1) is 11.5. The summed E-state index contributed by atoms with van der Waals surface area (Å²) in [5, 5.41) is 7.21. The van der Waals surface area contributed by atoms with Crippen molar-refractivity contribution in [2.75, 3.05) is 6.61 Å². The molecular weight excluding hydrogens is 246 g/mol. The van der Waals surface area contributed by atoms with Gasteiger partial charge in [0.15, 0.2) is 10.6 Å². The number of ether oxygens (including phenoxy) is 1. The number of benzene rings is 1. The summed E-state index contributed by atoms with van der Waals surface area (Å²) in [7, 11) is 0. The van der Waals surface area contributed by atoms with Crippen LogP contribution in [0.2, 0.25) is 0 Å². The standard InChI is InChI=1S/C13H15N3OS/c1-8(2)16-12(14-15-13(16)18)10-3-4-11-9(7-10)5-6-17-11/h3-4,7-8H,5-6H2,1-2H3,(H,15,18). The second-order valence-electron chi connectivity index (χ2n) is 4.74. The van der Waals surface area contributed by atoms with E-state index in [-0.39, 0.29) is 6.04 Å². The zero-order valence-electron chi connectivity index (χ0n) is 10.4. The van der Waals surface area contributed by atoms with Crippen molar-refractivity contribution in [3.8, 4) is 17.1 Å². The van der Waals surface area contributed by atoms with Crippen LogP contribution in [0.25, 0.3) is 11.4 Å². The van der Waals surface area contributed by atoms with Gasteiger partial charge in [-0.1, -0.05) is 0 Å². The SMILES string of the molecule is CC(C)n1c(-c2ccc3c(c2)CCO3)n[nH]c1=S. The third-order valence-electron chi connectivity index (χ3n) is 3.17. The summed E-state index contributed by atoms with van der Waals surface area (Å²) in [5.41, 5.74) is 2.33. The van der Waals surface area contributed by atoms with Gasteiger partial charge in [-0.05, 0) is 49.8 Å². The predicted molar refractivity (Wildman–Crippen MR) is 72.4 cm³/mol. The summed E-state index contributed by atoms with van der Waals surface area (Å²) in [4.78, 5) is 0. The molecule has 0 fully saturated rings. The van der Waals surface area contributed by atoms with Crippen LogP contribution in [0.15, 0.2) is 18.2 Å². The molecule has 3 rings (SSSR count). The minimum absolute atomic E-state index is 0.288.